The van der Waals surface area contributed by atoms with E-state index >= 15 is 0 Å². The summed E-state index contributed by atoms with van der Waals surface area (Å²) in [4.78, 5) is 32.3. The maximum atomic E-state index is 13.6. The van der Waals surface area contributed by atoms with Crippen molar-refractivity contribution >= 4 is 28.5 Å². The molecule has 1 aliphatic carbocycles. The van der Waals surface area contributed by atoms with Crippen LogP contribution in [0.4, 0.5) is 14.3 Å². The molecule has 0 spiro atoms. The lowest BCUT2D eigenvalue weighted by Gasteiger charge is -2.32. The molecule has 1 aromatic heterocycles. The number of halogens is 1. The van der Waals surface area contributed by atoms with Gasteiger partial charge in [-0.3, -0.25) is 4.79 Å². The number of alkyl halides is 1. The number of nitrogens with one attached hydrogen (secondary N) is 1. The summed E-state index contributed by atoms with van der Waals surface area (Å²) in [7, 11) is 0. The van der Waals surface area contributed by atoms with Crippen LogP contribution < -0.4 is 11.1 Å². The van der Waals surface area contributed by atoms with Gasteiger partial charge in [0.1, 0.15) is 17.8 Å². The van der Waals surface area contributed by atoms with Crippen molar-refractivity contribution in [1.29, 1.82) is 0 Å². The Hall–Kier alpha value is -1.90. The standard InChI is InChI=1S/C18H27FN4O3S/c1-18(2,3)26-17(25)22-14(15(24)23-7-6-11(19)9-23)10-4-5-12-13(8-10)27-16(20)21-12/h10-11,14H,4-9H2,1-3H3,(H2,20,21)(H,22,25)/t10?,11?,14-/m0/s1. The number of fused-ring (bicyclic) bond motifs is 1. The maximum Gasteiger partial charge on any atom is 0.408 e. The molecule has 0 aromatic carbocycles. The van der Waals surface area contributed by atoms with E-state index in [4.69, 9.17) is 10.5 Å². The Morgan fingerprint density at radius 3 is 2.78 bits per heavy atom. The molecule has 3 N–H and O–H groups in total. The van der Waals surface area contributed by atoms with E-state index in [9.17, 15) is 14.0 Å². The van der Waals surface area contributed by atoms with Crippen LogP contribution in [0.5, 0.6) is 0 Å². The van der Waals surface area contributed by atoms with Crippen molar-refractivity contribution in [3.8, 4) is 0 Å². The van der Waals surface area contributed by atoms with Gasteiger partial charge in [-0.25, -0.2) is 14.2 Å². The first-order valence-electron chi connectivity index (χ1n) is 9.29. The van der Waals surface area contributed by atoms with Gasteiger partial charge in [-0.1, -0.05) is 0 Å². The lowest BCUT2D eigenvalue weighted by molar-refractivity contribution is -0.134. The highest BCUT2D eigenvalue weighted by Gasteiger charge is 2.39. The van der Waals surface area contributed by atoms with Gasteiger partial charge in [0.25, 0.3) is 0 Å². The Balaban J connectivity index is 1.77. The molecule has 3 rings (SSSR count). The first kappa shape index (κ1) is 19.9. The fourth-order valence-corrected chi connectivity index (χ4v) is 4.61. The molecule has 150 valence electrons. The normalized spacial score (nSPS) is 23.6. The Kier molecular flexibility index (Phi) is 5.60. The predicted octanol–water partition coefficient (Wildman–Crippen LogP) is 2.29. The summed E-state index contributed by atoms with van der Waals surface area (Å²) in [5, 5.41) is 3.27. The van der Waals surface area contributed by atoms with Crippen molar-refractivity contribution in [1.82, 2.24) is 15.2 Å². The third-order valence-corrected chi connectivity index (χ3v) is 5.80. The van der Waals surface area contributed by atoms with Gasteiger partial charge in [-0.05, 0) is 52.4 Å². The number of thiazole rings is 1. The molecule has 2 amide bonds. The monoisotopic (exact) mass is 398 g/mol. The van der Waals surface area contributed by atoms with Crippen LogP contribution in [0.2, 0.25) is 0 Å². The molecule has 3 atom stereocenters. The van der Waals surface area contributed by atoms with E-state index in [-0.39, 0.29) is 18.4 Å². The number of ether oxygens (including phenoxy) is 1. The van der Waals surface area contributed by atoms with Gasteiger partial charge in [0.2, 0.25) is 5.91 Å². The average Bonchev–Trinajstić information content (AvgIpc) is 3.14. The Morgan fingerprint density at radius 1 is 1.41 bits per heavy atom. The lowest BCUT2D eigenvalue weighted by atomic mass is 9.84. The highest BCUT2D eigenvalue weighted by molar-refractivity contribution is 7.15. The minimum Gasteiger partial charge on any atom is -0.444 e. The number of nitrogen functional groups attached to an aromatic ring is 1. The molecule has 2 heterocycles. The van der Waals surface area contributed by atoms with Crippen LogP contribution in [-0.4, -0.2) is 52.8 Å². The number of carbonyl (C=O) groups excluding carboxylic acids is 2. The Labute approximate surface area is 162 Å². The lowest BCUT2D eigenvalue weighted by Crippen LogP contribution is -2.53. The molecular formula is C18H27FN4O3S. The van der Waals surface area contributed by atoms with Crippen LogP contribution in [0.1, 0.15) is 44.2 Å². The zero-order valence-corrected chi connectivity index (χ0v) is 16.8. The van der Waals surface area contributed by atoms with E-state index in [0.29, 0.717) is 37.4 Å². The van der Waals surface area contributed by atoms with Crippen molar-refractivity contribution in [2.75, 3.05) is 18.8 Å². The summed E-state index contributed by atoms with van der Waals surface area (Å²) in [5.74, 6) is -0.344. The number of aromatic nitrogens is 1. The number of hydrogen-bond acceptors (Lipinski definition) is 6. The molecule has 0 saturated carbocycles. The van der Waals surface area contributed by atoms with Crippen LogP contribution in [0.3, 0.4) is 0 Å². The van der Waals surface area contributed by atoms with E-state index in [0.717, 1.165) is 10.6 Å². The van der Waals surface area contributed by atoms with Crippen LogP contribution in [-0.2, 0) is 22.4 Å². The second-order valence-corrected chi connectivity index (χ2v) is 9.33. The maximum absolute atomic E-state index is 13.6. The largest absolute Gasteiger partial charge is 0.444 e. The molecule has 2 aliphatic rings. The SMILES string of the molecule is CC(C)(C)OC(=O)N[C@H](C(=O)N1CCC(F)C1)C1CCc2nc(N)sc2C1. The topological polar surface area (TPSA) is 97.5 Å². The van der Waals surface area contributed by atoms with E-state index in [1.54, 1.807) is 20.8 Å². The third kappa shape index (κ3) is 4.88. The molecule has 1 aromatic rings. The van der Waals surface area contributed by atoms with Crippen LogP contribution in [0.25, 0.3) is 0 Å². The molecule has 0 radical (unpaired) electrons. The van der Waals surface area contributed by atoms with Gasteiger partial charge < -0.3 is 20.7 Å². The van der Waals surface area contributed by atoms with E-state index in [1.165, 1.54) is 16.2 Å². The number of alkyl carbamates (subject to hydrolysis) is 1. The molecule has 2 unspecified atom stereocenters. The second kappa shape index (κ2) is 7.61. The number of likely N-dealkylation sites (tertiary alicyclic amines) is 1. The number of carbonyl (C=O) groups is 2. The second-order valence-electron chi connectivity index (χ2n) is 8.22. The van der Waals surface area contributed by atoms with Gasteiger partial charge in [0.15, 0.2) is 5.13 Å². The summed E-state index contributed by atoms with van der Waals surface area (Å²) in [6, 6.07) is -0.748. The highest BCUT2D eigenvalue weighted by Crippen LogP contribution is 2.33. The van der Waals surface area contributed by atoms with E-state index in [1.807, 2.05) is 0 Å². The average molecular weight is 399 g/mol. The molecule has 1 fully saturated rings. The minimum absolute atomic E-state index is 0.0802. The van der Waals surface area contributed by atoms with Crippen molar-refractivity contribution < 1.29 is 18.7 Å². The highest BCUT2D eigenvalue weighted by atomic mass is 32.1. The van der Waals surface area contributed by atoms with E-state index in [2.05, 4.69) is 10.3 Å². The predicted molar refractivity (Wildman–Crippen MR) is 101 cm³/mol. The summed E-state index contributed by atoms with van der Waals surface area (Å²) in [6.45, 7) is 5.76. The molecule has 0 bridgehead atoms. The number of aryl methyl sites for hydroxylation is 1. The Morgan fingerprint density at radius 2 is 2.15 bits per heavy atom. The summed E-state index contributed by atoms with van der Waals surface area (Å²) in [5.41, 5.74) is 6.11. The smallest absolute Gasteiger partial charge is 0.408 e. The van der Waals surface area contributed by atoms with Crippen LogP contribution in [0, 0.1) is 5.92 Å². The van der Waals surface area contributed by atoms with Gasteiger partial charge in [-0.15, -0.1) is 11.3 Å². The zero-order chi connectivity index (χ0) is 19.8. The van der Waals surface area contributed by atoms with Crippen molar-refractivity contribution in [2.45, 2.75) is 64.3 Å². The van der Waals surface area contributed by atoms with Crippen molar-refractivity contribution in [3.05, 3.63) is 10.6 Å². The summed E-state index contributed by atoms with van der Waals surface area (Å²) >= 11 is 1.42. The van der Waals surface area contributed by atoms with Gasteiger partial charge in [0.05, 0.1) is 12.2 Å². The van der Waals surface area contributed by atoms with Gasteiger partial charge >= 0.3 is 6.09 Å². The number of hydrogen-bond donors (Lipinski definition) is 2. The van der Waals surface area contributed by atoms with Gasteiger partial charge in [-0.2, -0.15) is 0 Å². The van der Waals surface area contributed by atoms with Crippen LogP contribution in [0.15, 0.2) is 0 Å². The molecule has 1 saturated heterocycles. The molecule has 7 nitrogen and oxygen atoms in total. The number of nitrogens with zero attached hydrogens (tertiary/aromatic N) is 2. The van der Waals surface area contributed by atoms with Crippen LogP contribution >= 0.6 is 11.3 Å². The van der Waals surface area contributed by atoms with Crippen molar-refractivity contribution in [3.63, 3.8) is 0 Å². The van der Waals surface area contributed by atoms with Gasteiger partial charge in [0, 0.05) is 11.4 Å². The molecule has 9 heteroatoms. The molecule has 27 heavy (non-hydrogen) atoms. The molecular weight excluding hydrogens is 371 g/mol. The molecule has 1 aliphatic heterocycles. The summed E-state index contributed by atoms with van der Waals surface area (Å²) < 4.78 is 18.9. The van der Waals surface area contributed by atoms with Crippen molar-refractivity contribution in [2.24, 2.45) is 5.92 Å². The minimum atomic E-state index is -1.00. The fourth-order valence-electron chi connectivity index (χ4n) is 3.64. The number of amides is 2. The van der Waals surface area contributed by atoms with E-state index < -0.39 is 23.9 Å². The first-order valence-corrected chi connectivity index (χ1v) is 10.1. The fraction of sp³-hybridized carbons (Fsp3) is 0.722. The number of nitrogens with two attached hydrogens (primary N) is 1. The first-order chi connectivity index (χ1) is 12.6. The number of rotatable bonds is 3. The summed E-state index contributed by atoms with van der Waals surface area (Å²) in [6.07, 6.45) is 0.727. The zero-order valence-electron chi connectivity index (χ0n) is 16.0. The quantitative estimate of drug-likeness (QED) is 0.814. The number of anilines is 1. The Bertz CT molecular complexity index is 718. The third-order valence-electron chi connectivity index (χ3n) is 4.85.